The molecule has 0 saturated carbocycles. The Bertz CT molecular complexity index is 369. The van der Waals surface area contributed by atoms with Gasteiger partial charge in [-0.3, -0.25) is 14.3 Å². The first kappa shape index (κ1) is 10.2. The standard InChI is InChI=1S/C8H12N4O2/c1-3-12-6(8(14)10-2)4-5(11-12)7(9)13/h4H,3H2,1-2H3,(H2,9,13)(H,10,14). The highest BCUT2D eigenvalue weighted by molar-refractivity contribution is 5.97. The van der Waals surface area contributed by atoms with Crippen LogP contribution in [0.1, 0.15) is 27.9 Å². The Labute approximate surface area is 81.1 Å². The van der Waals surface area contributed by atoms with Crippen molar-refractivity contribution in [1.82, 2.24) is 15.1 Å². The van der Waals surface area contributed by atoms with Gasteiger partial charge in [-0.05, 0) is 6.92 Å². The van der Waals surface area contributed by atoms with Crippen molar-refractivity contribution in [2.24, 2.45) is 5.73 Å². The van der Waals surface area contributed by atoms with Crippen molar-refractivity contribution in [2.75, 3.05) is 7.05 Å². The Kier molecular flexibility index (Phi) is 2.85. The van der Waals surface area contributed by atoms with Crippen LogP contribution in [0.15, 0.2) is 6.07 Å². The fourth-order valence-corrected chi connectivity index (χ4v) is 1.09. The topological polar surface area (TPSA) is 90.0 Å². The predicted molar refractivity (Wildman–Crippen MR) is 49.8 cm³/mol. The van der Waals surface area contributed by atoms with E-state index >= 15 is 0 Å². The second-order valence-corrected chi connectivity index (χ2v) is 2.67. The predicted octanol–water partition coefficient (Wildman–Crippen LogP) is -0.639. The number of hydrogen-bond acceptors (Lipinski definition) is 3. The summed E-state index contributed by atoms with van der Waals surface area (Å²) >= 11 is 0. The highest BCUT2D eigenvalue weighted by Gasteiger charge is 2.15. The molecule has 76 valence electrons. The summed E-state index contributed by atoms with van der Waals surface area (Å²) in [4.78, 5) is 22.1. The molecule has 0 bridgehead atoms. The van der Waals surface area contributed by atoms with E-state index in [9.17, 15) is 9.59 Å². The van der Waals surface area contributed by atoms with Gasteiger partial charge in [0.05, 0.1) is 0 Å². The molecule has 0 aromatic carbocycles. The van der Waals surface area contributed by atoms with E-state index in [4.69, 9.17) is 5.73 Å². The van der Waals surface area contributed by atoms with Crippen molar-refractivity contribution in [3.8, 4) is 0 Å². The summed E-state index contributed by atoms with van der Waals surface area (Å²) < 4.78 is 1.43. The molecule has 6 nitrogen and oxygen atoms in total. The Morgan fingerprint density at radius 2 is 2.29 bits per heavy atom. The first-order valence-corrected chi connectivity index (χ1v) is 4.19. The van der Waals surface area contributed by atoms with E-state index in [2.05, 4.69) is 10.4 Å². The van der Waals surface area contributed by atoms with Crippen molar-refractivity contribution in [3.63, 3.8) is 0 Å². The van der Waals surface area contributed by atoms with Crippen LogP contribution >= 0.6 is 0 Å². The number of hydrogen-bond donors (Lipinski definition) is 2. The number of carbonyl (C=O) groups excluding carboxylic acids is 2. The monoisotopic (exact) mass is 196 g/mol. The summed E-state index contributed by atoms with van der Waals surface area (Å²) in [5, 5.41) is 6.33. The summed E-state index contributed by atoms with van der Waals surface area (Å²) in [5.41, 5.74) is 5.48. The van der Waals surface area contributed by atoms with Crippen LogP contribution in [0.3, 0.4) is 0 Å². The molecule has 0 saturated heterocycles. The van der Waals surface area contributed by atoms with Crippen LogP contribution in [0.2, 0.25) is 0 Å². The Morgan fingerprint density at radius 3 is 2.71 bits per heavy atom. The SMILES string of the molecule is CCn1nc(C(N)=O)cc1C(=O)NC. The van der Waals surface area contributed by atoms with Crippen molar-refractivity contribution in [2.45, 2.75) is 13.5 Å². The van der Waals surface area contributed by atoms with Crippen molar-refractivity contribution in [3.05, 3.63) is 17.5 Å². The lowest BCUT2D eigenvalue weighted by molar-refractivity contribution is 0.0951. The zero-order valence-electron chi connectivity index (χ0n) is 8.07. The molecule has 0 aliphatic rings. The summed E-state index contributed by atoms with van der Waals surface area (Å²) in [6.45, 7) is 2.33. The molecule has 0 atom stereocenters. The fraction of sp³-hybridized carbons (Fsp3) is 0.375. The van der Waals surface area contributed by atoms with Crippen LogP contribution in [0.25, 0.3) is 0 Å². The van der Waals surface area contributed by atoms with Gasteiger partial charge < -0.3 is 11.1 Å². The van der Waals surface area contributed by atoms with E-state index in [-0.39, 0.29) is 11.6 Å². The number of nitrogens with one attached hydrogen (secondary N) is 1. The molecular weight excluding hydrogens is 184 g/mol. The van der Waals surface area contributed by atoms with E-state index in [0.717, 1.165) is 0 Å². The minimum absolute atomic E-state index is 0.102. The van der Waals surface area contributed by atoms with Gasteiger partial charge in [0, 0.05) is 19.7 Å². The number of amides is 2. The number of rotatable bonds is 3. The number of primary amides is 1. The van der Waals surface area contributed by atoms with E-state index in [1.807, 2.05) is 6.92 Å². The molecule has 6 heteroatoms. The molecule has 1 rings (SSSR count). The van der Waals surface area contributed by atoms with Crippen LogP contribution < -0.4 is 11.1 Å². The fourth-order valence-electron chi connectivity index (χ4n) is 1.09. The molecule has 14 heavy (non-hydrogen) atoms. The Balaban J connectivity index is 3.15. The van der Waals surface area contributed by atoms with Gasteiger partial charge in [0.1, 0.15) is 5.69 Å². The van der Waals surface area contributed by atoms with Gasteiger partial charge in [-0.15, -0.1) is 0 Å². The summed E-state index contributed by atoms with van der Waals surface area (Å²) in [7, 11) is 1.51. The molecule has 0 spiro atoms. The van der Waals surface area contributed by atoms with Crippen LogP contribution in [-0.4, -0.2) is 28.6 Å². The maximum Gasteiger partial charge on any atom is 0.269 e. The molecular formula is C8H12N4O2. The Hall–Kier alpha value is -1.85. The minimum Gasteiger partial charge on any atom is -0.364 e. The lowest BCUT2D eigenvalue weighted by atomic mass is 10.3. The van der Waals surface area contributed by atoms with E-state index in [0.29, 0.717) is 12.2 Å². The number of nitrogens with two attached hydrogens (primary N) is 1. The molecule has 0 fully saturated rings. The zero-order valence-corrected chi connectivity index (χ0v) is 8.07. The average molecular weight is 196 g/mol. The number of aryl methyl sites for hydroxylation is 1. The number of aromatic nitrogens is 2. The molecule has 0 radical (unpaired) electrons. The van der Waals surface area contributed by atoms with Crippen molar-refractivity contribution in [1.29, 1.82) is 0 Å². The van der Waals surface area contributed by atoms with Gasteiger partial charge in [0.2, 0.25) is 0 Å². The lowest BCUT2D eigenvalue weighted by Crippen LogP contribution is -2.21. The number of carbonyl (C=O) groups is 2. The second kappa shape index (κ2) is 3.91. The second-order valence-electron chi connectivity index (χ2n) is 2.67. The quantitative estimate of drug-likeness (QED) is 0.673. The molecule has 1 aromatic rings. The highest BCUT2D eigenvalue weighted by atomic mass is 16.2. The third-order valence-electron chi connectivity index (χ3n) is 1.79. The van der Waals surface area contributed by atoms with Gasteiger partial charge in [-0.2, -0.15) is 5.10 Å². The van der Waals surface area contributed by atoms with Crippen LogP contribution in [0.5, 0.6) is 0 Å². The van der Waals surface area contributed by atoms with Gasteiger partial charge >= 0.3 is 0 Å². The van der Waals surface area contributed by atoms with E-state index < -0.39 is 5.91 Å². The van der Waals surface area contributed by atoms with Gasteiger partial charge in [0.15, 0.2) is 5.69 Å². The van der Waals surface area contributed by atoms with Crippen LogP contribution in [0.4, 0.5) is 0 Å². The molecule has 0 aliphatic carbocycles. The summed E-state index contributed by atoms with van der Waals surface area (Å²) in [6.07, 6.45) is 0. The van der Waals surface area contributed by atoms with Gasteiger partial charge in [0.25, 0.3) is 11.8 Å². The third kappa shape index (κ3) is 1.73. The van der Waals surface area contributed by atoms with Gasteiger partial charge in [-0.1, -0.05) is 0 Å². The summed E-state index contributed by atoms with van der Waals surface area (Å²) in [5.74, 6) is -0.922. The smallest absolute Gasteiger partial charge is 0.269 e. The normalized spacial score (nSPS) is 9.86. The molecule has 3 N–H and O–H groups in total. The highest BCUT2D eigenvalue weighted by Crippen LogP contribution is 2.03. The van der Waals surface area contributed by atoms with Crippen LogP contribution in [-0.2, 0) is 6.54 Å². The van der Waals surface area contributed by atoms with Crippen molar-refractivity contribution < 1.29 is 9.59 Å². The lowest BCUT2D eigenvalue weighted by Gasteiger charge is -2.01. The molecule has 1 heterocycles. The van der Waals surface area contributed by atoms with Crippen LogP contribution in [0, 0.1) is 0 Å². The molecule has 2 amide bonds. The number of nitrogens with zero attached hydrogens (tertiary/aromatic N) is 2. The van der Waals surface area contributed by atoms with E-state index in [1.165, 1.54) is 17.8 Å². The largest absolute Gasteiger partial charge is 0.364 e. The maximum absolute atomic E-state index is 11.3. The maximum atomic E-state index is 11.3. The Morgan fingerprint density at radius 1 is 1.64 bits per heavy atom. The molecule has 0 aliphatic heterocycles. The van der Waals surface area contributed by atoms with Gasteiger partial charge in [-0.25, -0.2) is 0 Å². The molecule has 0 unspecified atom stereocenters. The third-order valence-corrected chi connectivity index (χ3v) is 1.79. The van der Waals surface area contributed by atoms with E-state index in [1.54, 1.807) is 0 Å². The minimum atomic E-state index is -0.637. The first-order chi connectivity index (χ1) is 6.60. The summed E-state index contributed by atoms with van der Waals surface area (Å²) in [6, 6.07) is 1.38. The zero-order chi connectivity index (χ0) is 10.7. The first-order valence-electron chi connectivity index (χ1n) is 4.19. The molecule has 1 aromatic heterocycles. The average Bonchev–Trinajstić information content (AvgIpc) is 2.60. The van der Waals surface area contributed by atoms with Crippen molar-refractivity contribution >= 4 is 11.8 Å².